The second-order valence-corrected chi connectivity index (χ2v) is 6.10. The number of benzene rings is 1. The van der Waals surface area contributed by atoms with Crippen LogP contribution < -0.4 is 10.2 Å². The Morgan fingerprint density at radius 1 is 1.30 bits per heavy atom. The molecule has 6 heteroatoms. The quantitative estimate of drug-likeness (QED) is 0.941. The first-order chi connectivity index (χ1) is 9.78. The van der Waals surface area contributed by atoms with Crippen molar-refractivity contribution in [1.82, 2.24) is 9.97 Å². The van der Waals surface area contributed by atoms with E-state index in [9.17, 15) is 0 Å². The highest BCUT2D eigenvalue weighted by Gasteiger charge is 2.27. The van der Waals surface area contributed by atoms with Gasteiger partial charge < -0.3 is 10.2 Å². The molecular formula is C14H15ClN4S. The Labute approximate surface area is 127 Å². The van der Waals surface area contributed by atoms with Crippen molar-refractivity contribution in [2.24, 2.45) is 0 Å². The minimum atomic E-state index is 0.284. The Morgan fingerprint density at radius 3 is 2.85 bits per heavy atom. The molecule has 20 heavy (non-hydrogen) atoms. The predicted octanol–water partition coefficient (Wildman–Crippen LogP) is 3.42. The molecule has 1 fully saturated rings. The van der Waals surface area contributed by atoms with Crippen molar-refractivity contribution in [3.05, 3.63) is 47.2 Å². The zero-order valence-corrected chi connectivity index (χ0v) is 12.7. The SMILES string of the molecule is CNc1cc(N2CCSC2c2ccc(Cl)cc2)ncn1. The van der Waals surface area contributed by atoms with E-state index in [1.807, 2.05) is 37.0 Å². The van der Waals surface area contributed by atoms with Crippen molar-refractivity contribution < 1.29 is 0 Å². The lowest BCUT2D eigenvalue weighted by Gasteiger charge is -2.25. The Morgan fingerprint density at radius 2 is 2.10 bits per heavy atom. The maximum atomic E-state index is 5.96. The summed E-state index contributed by atoms with van der Waals surface area (Å²) in [6.07, 6.45) is 1.60. The first-order valence-electron chi connectivity index (χ1n) is 6.41. The number of aromatic nitrogens is 2. The fourth-order valence-corrected chi connectivity index (χ4v) is 3.64. The number of rotatable bonds is 3. The predicted molar refractivity (Wildman–Crippen MR) is 85.6 cm³/mol. The molecule has 0 saturated carbocycles. The van der Waals surface area contributed by atoms with Crippen LogP contribution in [0.4, 0.5) is 11.6 Å². The van der Waals surface area contributed by atoms with Gasteiger partial charge >= 0.3 is 0 Å². The van der Waals surface area contributed by atoms with Gasteiger partial charge in [0.25, 0.3) is 0 Å². The molecule has 0 aliphatic carbocycles. The Bertz CT molecular complexity index is 590. The maximum Gasteiger partial charge on any atom is 0.135 e. The van der Waals surface area contributed by atoms with E-state index in [-0.39, 0.29) is 5.37 Å². The van der Waals surface area contributed by atoms with Gasteiger partial charge in [-0.05, 0) is 17.7 Å². The largest absolute Gasteiger partial charge is 0.373 e. The maximum absolute atomic E-state index is 5.96. The van der Waals surface area contributed by atoms with Gasteiger partial charge in [-0.2, -0.15) is 0 Å². The van der Waals surface area contributed by atoms with Crippen LogP contribution in [0.15, 0.2) is 36.7 Å². The minimum Gasteiger partial charge on any atom is -0.373 e. The Balaban J connectivity index is 1.90. The summed E-state index contributed by atoms with van der Waals surface area (Å²) in [6.45, 7) is 0.984. The molecule has 0 radical (unpaired) electrons. The van der Waals surface area contributed by atoms with Gasteiger partial charge in [-0.25, -0.2) is 9.97 Å². The number of nitrogens with zero attached hydrogens (tertiary/aromatic N) is 3. The fourth-order valence-electron chi connectivity index (χ4n) is 2.25. The molecule has 1 aliphatic heterocycles. The zero-order chi connectivity index (χ0) is 13.9. The summed E-state index contributed by atoms with van der Waals surface area (Å²) in [5.41, 5.74) is 1.25. The molecule has 1 N–H and O–H groups in total. The van der Waals surface area contributed by atoms with Gasteiger partial charge in [-0.15, -0.1) is 11.8 Å². The summed E-state index contributed by atoms with van der Waals surface area (Å²) in [4.78, 5) is 10.9. The lowest BCUT2D eigenvalue weighted by Crippen LogP contribution is -2.23. The summed E-state index contributed by atoms with van der Waals surface area (Å²) in [5, 5.41) is 4.10. The molecule has 1 unspecified atom stereocenters. The van der Waals surface area contributed by atoms with Crippen molar-refractivity contribution in [1.29, 1.82) is 0 Å². The summed E-state index contributed by atoms with van der Waals surface area (Å²) in [7, 11) is 1.86. The zero-order valence-electron chi connectivity index (χ0n) is 11.1. The Hall–Kier alpha value is -1.46. The van der Waals surface area contributed by atoms with Crippen molar-refractivity contribution in [2.45, 2.75) is 5.37 Å². The molecule has 1 atom stereocenters. The topological polar surface area (TPSA) is 41.0 Å². The van der Waals surface area contributed by atoms with Crippen LogP contribution in [0.1, 0.15) is 10.9 Å². The van der Waals surface area contributed by atoms with Crippen LogP contribution >= 0.6 is 23.4 Å². The Kier molecular flexibility index (Phi) is 3.98. The number of nitrogens with one attached hydrogen (secondary N) is 1. The van der Waals surface area contributed by atoms with Gasteiger partial charge in [-0.1, -0.05) is 23.7 Å². The molecule has 1 aliphatic rings. The summed E-state index contributed by atoms with van der Waals surface area (Å²) >= 11 is 7.88. The molecule has 2 heterocycles. The third kappa shape index (κ3) is 2.69. The van der Waals surface area contributed by atoms with E-state index in [0.29, 0.717) is 0 Å². The molecule has 0 spiro atoms. The highest BCUT2D eigenvalue weighted by Crippen LogP contribution is 2.40. The number of anilines is 2. The van der Waals surface area contributed by atoms with Crippen LogP contribution in [0.2, 0.25) is 5.02 Å². The first-order valence-corrected chi connectivity index (χ1v) is 7.84. The van der Waals surface area contributed by atoms with Crippen molar-refractivity contribution in [3.8, 4) is 0 Å². The van der Waals surface area contributed by atoms with Crippen LogP contribution in [0, 0.1) is 0 Å². The van der Waals surface area contributed by atoms with Gasteiger partial charge in [0.2, 0.25) is 0 Å². The first kappa shape index (κ1) is 13.5. The van der Waals surface area contributed by atoms with Crippen molar-refractivity contribution >= 4 is 35.0 Å². The summed E-state index contributed by atoms with van der Waals surface area (Å²) in [6, 6.07) is 10.0. The molecule has 1 saturated heterocycles. The normalized spacial score (nSPS) is 18.3. The second-order valence-electron chi connectivity index (χ2n) is 4.48. The van der Waals surface area contributed by atoms with Gasteiger partial charge in [0.05, 0.1) is 0 Å². The minimum absolute atomic E-state index is 0.284. The van der Waals surface area contributed by atoms with E-state index in [0.717, 1.165) is 29.0 Å². The third-order valence-corrected chi connectivity index (χ3v) is 4.76. The van der Waals surface area contributed by atoms with E-state index in [4.69, 9.17) is 11.6 Å². The van der Waals surface area contributed by atoms with Gasteiger partial charge in [0.15, 0.2) is 0 Å². The number of hydrogen-bond acceptors (Lipinski definition) is 5. The van der Waals surface area contributed by atoms with Crippen LogP contribution in [0.5, 0.6) is 0 Å². The van der Waals surface area contributed by atoms with E-state index in [2.05, 4.69) is 32.3 Å². The lowest BCUT2D eigenvalue weighted by atomic mass is 10.2. The number of halogens is 1. The number of thioether (sulfide) groups is 1. The van der Waals surface area contributed by atoms with E-state index in [1.54, 1.807) is 6.33 Å². The molecule has 0 bridgehead atoms. The van der Waals surface area contributed by atoms with Crippen LogP contribution in [-0.4, -0.2) is 29.3 Å². The highest BCUT2D eigenvalue weighted by molar-refractivity contribution is 7.99. The molecule has 104 valence electrons. The smallest absolute Gasteiger partial charge is 0.135 e. The molecule has 0 amide bonds. The van der Waals surface area contributed by atoms with Gasteiger partial charge in [0.1, 0.15) is 23.3 Å². The fraction of sp³-hybridized carbons (Fsp3) is 0.286. The molecule has 1 aromatic carbocycles. The van der Waals surface area contributed by atoms with Crippen LogP contribution in [0.3, 0.4) is 0 Å². The summed E-state index contributed by atoms with van der Waals surface area (Å²) in [5.74, 6) is 2.88. The molecular weight excluding hydrogens is 292 g/mol. The molecule has 3 rings (SSSR count). The average Bonchev–Trinajstić information content (AvgIpc) is 2.97. The highest BCUT2D eigenvalue weighted by atomic mass is 35.5. The van der Waals surface area contributed by atoms with E-state index < -0.39 is 0 Å². The van der Waals surface area contributed by atoms with Crippen LogP contribution in [-0.2, 0) is 0 Å². The van der Waals surface area contributed by atoms with Crippen molar-refractivity contribution in [2.75, 3.05) is 29.6 Å². The molecule has 1 aromatic heterocycles. The third-order valence-electron chi connectivity index (χ3n) is 3.25. The monoisotopic (exact) mass is 306 g/mol. The van der Waals surface area contributed by atoms with Gasteiger partial charge in [-0.3, -0.25) is 0 Å². The van der Waals surface area contributed by atoms with E-state index in [1.165, 1.54) is 5.56 Å². The van der Waals surface area contributed by atoms with E-state index >= 15 is 0 Å². The van der Waals surface area contributed by atoms with Crippen LogP contribution in [0.25, 0.3) is 0 Å². The standard InChI is InChI=1S/C14H15ClN4S/c1-16-12-8-13(18-9-17-12)19-6-7-20-14(19)10-2-4-11(15)5-3-10/h2-5,8-9,14H,6-7H2,1H3,(H,16,17,18). The lowest BCUT2D eigenvalue weighted by molar-refractivity contribution is 0.833. The summed E-state index contributed by atoms with van der Waals surface area (Å²) < 4.78 is 0. The van der Waals surface area contributed by atoms with Gasteiger partial charge in [0, 0.05) is 30.4 Å². The number of hydrogen-bond donors (Lipinski definition) is 1. The molecule has 4 nitrogen and oxygen atoms in total. The second kappa shape index (κ2) is 5.89. The molecule has 2 aromatic rings. The average molecular weight is 307 g/mol. The van der Waals surface area contributed by atoms with Crippen molar-refractivity contribution in [3.63, 3.8) is 0 Å².